The maximum Gasteiger partial charge on any atom is 0.326 e. The lowest BCUT2D eigenvalue weighted by Gasteiger charge is -2.21. The average Bonchev–Trinajstić information content (AvgIpc) is 3.25. The first-order valence-electron chi connectivity index (χ1n) is 8.29. The van der Waals surface area contributed by atoms with Crippen LogP contribution < -0.4 is 22.5 Å². The summed E-state index contributed by atoms with van der Waals surface area (Å²) in [6.45, 7) is 0.853. The normalized spacial score (nSPS) is 17.7. The summed E-state index contributed by atoms with van der Waals surface area (Å²) in [5, 5.41) is 15.5. The van der Waals surface area contributed by atoms with Gasteiger partial charge >= 0.3 is 12.0 Å². The monoisotopic (exact) mass is 368 g/mol. The van der Waals surface area contributed by atoms with Crippen molar-refractivity contribution in [3.63, 3.8) is 0 Å². The molecule has 26 heavy (non-hydrogen) atoms. The van der Waals surface area contributed by atoms with Gasteiger partial charge in [-0.25, -0.2) is 9.59 Å². The number of guanidine groups is 1. The number of carbonyl (C=O) groups is 2. The number of likely N-dealkylation sites (tertiary alicyclic amines) is 1. The predicted molar refractivity (Wildman–Crippen MR) is 90.7 cm³/mol. The second kappa shape index (κ2) is 8.99. The van der Waals surface area contributed by atoms with Crippen molar-refractivity contribution in [1.29, 1.82) is 0 Å². The van der Waals surface area contributed by atoms with E-state index in [1.165, 1.54) is 4.90 Å². The molecule has 1 aliphatic rings. The number of carbonyl (C=O) groups excluding carboxylic acids is 1. The molecule has 0 aromatic carbocycles. The fraction of sp³-hybridized carbons (Fsp3) is 0.643. The zero-order chi connectivity index (χ0) is 19.1. The number of nitrogens with zero attached hydrogens (tertiary/aromatic N) is 4. The van der Waals surface area contributed by atoms with Crippen molar-refractivity contribution in [2.45, 2.75) is 44.3 Å². The summed E-state index contributed by atoms with van der Waals surface area (Å²) in [5.41, 5.74) is 16.5. The van der Waals surface area contributed by atoms with E-state index in [-0.39, 0.29) is 18.4 Å². The lowest BCUT2D eigenvalue weighted by Crippen LogP contribution is -2.45. The first kappa shape index (κ1) is 19.4. The van der Waals surface area contributed by atoms with E-state index >= 15 is 0 Å². The molecule has 0 radical (unpaired) electrons. The zero-order valence-electron chi connectivity index (χ0n) is 14.3. The van der Waals surface area contributed by atoms with E-state index in [9.17, 15) is 9.59 Å². The standard InChI is InChI=1S/C14H24N8O4/c15-8(3-1-5-18-13(16)17)11-20-10(26-21-11)7-19-14(25)22-6-2-4-9(22)12(23)24/h8-9H,1-7,15H2,(H,19,25)(H,23,24)(H4,16,17,18). The molecule has 0 bridgehead atoms. The Morgan fingerprint density at radius 1 is 1.46 bits per heavy atom. The first-order chi connectivity index (χ1) is 12.4. The number of aliphatic imine (C=N–C) groups is 1. The first-order valence-corrected chi connectivity index (χ1v) is 8.29. The van der Waals surface area contributed by atoms with Gasteiger partial charge in [-0.2, -0.15) is 4.98 Å². The third-order valence-electron chi connectivity index (χ3n) is 3.97. The molecule has 1 fully saturated rings. The van der Waals surface area contributed by atoms with E-state index in [0.29, 0.717) is 44.6 Å². The predicted octanol–water partition coefficient (Wildman–Crippen LogP) is -1.12. The molecule has 1 saturated heterocycles. The topological polar surface area (TPSA) is 199 Å². The summed E-state index contributed by atoms with van der Waals surface area (Å²) in [7, 11) is 0. The van der Waals surface area contributed by atoms with Crippen LogP contribution in [0.2, 0.25) is 0 Å². The van der Waals surface area contributed by atoms with Gasteiger partial charge in [-0.3, -0.25) is 4.99 Å². The lowest BCUT2D eigenvalue weighted by atomic mass is 10.1. The second-order valence-corrected chi connectivity index (χ2v) is 5.95. The van der Waals surface area contributed by atoms with E-state index in [2.05, 4.69) is 20.4 Å². The van der Waals surface area contributed by atoms with Gasteiger partial charge in [0, 0.05) is 13.1 Å². The van der Waals surface area contributed by atoms with Gasteiger partial charge in [-0.05, 0) is 25.7 Å². The number of amides is 2. The smallest absolute Gasteiger partial charge is 0.326 e. The van der Waals surface area contributed by atoms with Gasteiger partial charge in [0.15, 0.2) is 11.8 Å². The number of aliphatic carboxylic acids is 1. The number of urea groups is 1. The highest BCUT2D eigenvalue weighted by atomic mass is 16.5. The number of carboxylic acid groups (broad SMARTS) is 1. The van der Waals surface area contributed by atoms with Gasteiger partial charge in [-0.1, -0.05) is 5.16 Å². The average molecular weight is 368 g/mol. The molecular formula is C14H24N8O4. The van der Waals surface area contributed by atoms with Crippen molar-refractivity contribution in [1.82, 2.24) is 20.4 Å². The molecule has 1 aromatic rings. The van der Waals surface area contributed by atoms with Gasteiger partial charge in [0.2, 0.25) is 5.89 Å². The Labute approximate surface area is 149 Å². The van der Waals surface area contributed by atoms with Crippen LogP contribution in [0.25, 0.3) is 0 Å². The van der Waals surface area contributed by atoms with Crippen molar-refractivity contribution >= 4 is 18.0 Å². The van der Waals surface area contributed by atoms with Crippen LogP contribution in [0.1, 0.15) is 43.4 Å². The highest BCUT2D eigenvalue weighted by Crippen LogP contribution is 2.17. The van der Waals surface area contributed by atoms with E-state index < -0.39 is 24.1 Å². The summed E-state index contributed by atoms with van der Waals surface area (Å²) >= 11 is 0. The Morgan fingerprint density at radius 2 is 2.23 bits per heavy atom. The fourth-order valence-corrected chi connectivity index (χ4v) is 2.66. The summed E-state index contributed by atoms with van der Waals surface area (Å²) in [5.74, 6) is -0.466. The minimum Gasteiger partial charge on any atom is -0.480 e. The number of rotatable bonds is 8. The second-order valence-electron chi connectivity index (χ2n) is 5.95. The molecule has 2 rings (SSSR count). The molecule has 2 amide bonds. The molecule has 0 saturated carbocycles. The number of hydrogen-bond donors (Lipinski definition) is 5. The Morgan fingerprint density at radius 3 is 2.92 bits per heavy atom. The van der Waals surface area contributed by atoms with Crippen molar-refractivity contribution in [2.24, 2.45) is 22.2 Å². The quantitative estimate of drug-likeness (QED) is 0.214. The highest BCUT2D eigenvalue weighted by Gasteiger charge is 2.34. The fourth-order valence-electron chi connectivity index (χ4n) is 2.66. The van der Waals surface area contributed by atoms with E-state index in [4.69, 9.17) is 26.8 Å². The van der Waals surface area contributed by atoms with Crippen molar-refractivity contribution < 1.29 is 19.2 Å². The molecule has 2 unspecified atom stereocenters. The van der Waals surface area contributed by atoms with Gasteiger partial charge in [-0.15, -0.1) is 0 Å². The molecule has 8 N–H and O–H groups in total. The summed E-state index contributed by atoms with van der Waals surface area (Å²) in [4.78, 5) is 32.5. The van der Waals surface area contributed by atoms with Crippen LogP contribution in [0, 0.1) is 0 Å². The molecule has 12 nitrogen and oxygen atoms in total. The minimum absolute atomic E-state index is 0.00457. The van der Waals surface area contributed by atoms with Crippen molar-refractivity contribution in [3.8, 4) is 0 Å². The summed E-state index contributed by atoms with van der Waals surface area (Å²) < 4.78 is 5.06. The molecule has 2 atom stereocenters. The Bertz CT molecular complexity index is 657. The van der Waals surface area contributed by atoms with Crippen LogP contribution in [-0.4, -0.2) is 57.2 Å². The molecular weight excluding hydrogens is 344 g/mol. The molecule has 0 spiro atoms. The highest BCUT2D eigenvalue weighted by molar-refractivity contribution is 5.83. The van der Waals surface area contributed by atoms with Crippen LogP contribution in [0.5, 0.6) is 0 Å². The van der Waals surface area contributed by atoms with Crippen molar-refractivity contribution in [2.75, 3.05) is 13.1 Å². The van der Waals surface area contributed by atoms with Crippen LogP contribution >= 0.6 is 0 Å². The molecule has 2 heterocycles. The Hall–Kier alpha value is -2.89. The van der Waals surface area contributed by atoms with E-state index in [0.717, 1.165) is 0 Å². The van der Waals surface area contributed by atoms with Crippen molar-refractivity contribution in [3.05, 3.63) is 11.7 Å². The van der Waals surface area contributed by atoms with Gasteiger partial charge in [0.1, 0.15) is 6.04 Å². The Kier molecular flexibility index (Phi) is 6.72. The van der Waals surface area contributed by atoms with Crippen LogP contribution in [0.4, 0.5) is 4.79 Å². The maximum atomic E-state index is 12.1. The van der Waals surface area contributed by atoms with E-state index in [1.807, 2.05) is 0 Å². The number of nitrogens with two attached hydrogens (primary N) is 3. The molecule has 0 aliphatic carbocycles. The SMILES string of the molecule is NC(N)=NCCCC(N)c1noc(CNC(=O)N2CCCC2C(=O)O)n1. The summed E-state index contributed by atoms with van der Waals surface area (Å²) in [6.07, 6.45) is 2.33. The number of carboxylic acids is 1. The third-order valence-corrected chi connectivity index (χ3v) is 3.97. The number of aromatic nitrogens is 2. The lowest BCUT2D eigenvalue weighted by molar-refractivity contribution is -0.141. The van der Waals surface area contributed by atoms with Gasteiger partial charge in [0.25, 0.3) is 0 Å². The van der Waals surface area contributed by atoms with Gasteiger partial charge in [0.05, 0.1) is 12.6 Å². The van der Waals surface area contributed by atoms with Gasteiger partial charge < -0.3 is 37.0 Å². The Balaban J connectivity index is 1.79. The molecule has 1 aromatic heterocycles. The number of nitrogens with one attached hydrogen (secondary N) is 1. The molecule has 1 aliphatic heterocycles. The van der Waals surface area contributed by atoms with Crippen LogP contribution in [0.3, 0.4) is 0 Å². The minimum atomic E-state index is -1.01. The molecule has 144 valence electrons. The van der Waals surface area contributed by atoms with Crippen LogP contribution in [0.15, 0.2) is 9.52 Å². The summed E-state index contributed by atoms with van der Waals surface area (Å²) in [6, 6.07) is -1.71. The van der Waals surface area contributed by atoms with E-state index in [1.54, 1.807) is 0 Å². The molecule has 12 heteroatoms. The largest absolute Gasteiger partial charge is 0.480 e. The number of hydrogen-bond acceptors (Lipinski definition) is 7. The zero-order valence-corrected chi connectivity index (χ0v) is 14.3. The third kappa shape index (κ3) is 5.31. The maximum absolute atomic E-state index is 12.1. The van der Waals surface area contributed by atoms with Crippen LogP contribution in [-0.2, 0) is 11.3 Å².